The van der Waals surface area contributed by atoms with Crippen LogP contribution >= 0.6 is 0 Å². The number of carbonyl (C=O) groups is 2. The first kappa shape index (κ1) is 16.4. The lowest BCUT2D eigenvalue weighted by atomic mass is 10.1. The largest absolute Gasteiger partial charge is 0.480 e. The Balaban J connectivity index is 2.45. The minimum absolute atomic E-state index is 0.0230. The van der Waals surface area contributed by atoms with Gasteiger partial charge in [0.25, 0.3) is 5.69 Å². The van der Waals surface area contributed by atoms with Crippen molar-refractivity contribution in [3.05, 3.63) is 33.9 Å². The fourth-order valence-electron chi connectivity index (χ4n) is 2.22. The van der Waals surface area contributed by atoms with Crippen LogP contribution in [0.15, 0.2) is 23.3 Å². The van der Waals surface area contributed by atoms with Crippen molar-refractivity contribution in [2.75, 3.05) is 11.6 Å². The molecule has 0 saturated heterocycles. The van der Waals surface area contributed by atoms with E-state index in [4.69, 9.17) is 4.74 Å². The predicted molar refractivity (Wildman–Crippen MR) is 80.4 cm³/mol. The van der Waals surface area contributed by atoms with Gasteiger partial charge in [0.1, 0.15) is 5.71 Å². The van der Waals surface area contributed by atoms with Gasteiger partial charge in [0.15, 0.2) is 6.04 Å². The quantitative estimate of drug-likeness (QED) is 0.495. The molecule has 1 heterocycles. The monoisotopic (exact) mass is 321 g/mol. The minimum Gasteiger partial charge on any atom is -0.480 e. The molecule has 9 nitrogen and oxygen atoms in total. The smallest absolute Gasteiger partial charge is 0.354 e. The Labute approximate surface area is 131 Å². The number of carboxylic acids is 1. The third-order valence-electron chi connectivity index (χ3n) is 3.36. The van der Waals surface area contributed by atoms with Gasteiger partial charge in [-0.3, -0.25) is 10.1 Å². The second-order valence-corrected chi connectivity index (χ2v) is 4.90. The number of benzene rings is 1. The van der Waals surface area contributed by atoms with Crippen molar-refractivity contribution >= 4 is 29.0 Å². The van der Waals surface area contributed by atoms with E-state index < -0.39 is 22.9 Å². The number of carbonyl (C=O) groups excluding carboxylic acids is 1. The molecule has 0 bridgehead atoms. The van der Waals surface area contributed by atoms with Crippen LogP contribution in [0.25, 0.3) is 0 Å². The van der Waals surface area contributed by atoms with Crippen LogP contribution in [-0.2, 0) is 14.3 Å². The maximum absolute atomic E-state index is 11.8. The summed E-state index contributed by atoms with van der Waals surface area (Å²) in [6, 6.07) is 2.95. The molecule has 9 heteroatoms. The van der Waals surface area contributed by atoms with Gasteiger partial charge >= 0.3 is 11.9 Å². The molecule has 0 amide bonds. The number of hydrazone groups is 1. The van der Waals surface area contributed by atoms with Gasteiger partial charge in [-0.25, -0.2) is 14.6 Å². The van der Waals surface area contributed by atoms with Gasteiger partial charge in [-0.15, -0.1) is 0 Å². The van der Waals surface area contributed by atoms with Crippen LogP contribution < -0.4 is 5.01 Å². The second-order valence-electron chi connectivity index (χ2n) is 4.90. The van der Waals surface area contributed by atoms with Crippen LogP contribution in [0.3, 0.4) is 0 Å². The number of aryl methyl sites for hydroxylation is 1. The fraction of sp³-hybridized carbons (Fsp3) is 0.357. The highest BCUT2D eigenvalue weighted by atomic mass is 16.6. The molecule has 0 unspecified atom stereocenters. The summed E-state index contributed by atoms with van der Waals surface area (Å²) in [5, 5.41) is 25.4. The number of non-ortho nitro benzene ring substituents is 1. The van der Waals surface area contributed by atoms with Gasteiger partial charge in [0, 0.05) is 18.6 Å². The maximum Gasteiger partial charge on any atom is 0.354 e. The zero-order chi connectivity index (χ0) is 17.1. The number of carboxylic acid groups (broad SMARTS) is 1. The molecule has 2 rings (SSSR count). The second kappa shape index (κ2) is 6.42. The van der Waals surface area contributed by atoms with Crippen molar-refractivity contribution in [1.29, 1.82) is 0 Å². The van der Waals surface area contributed by atoms with Crippen molar-refractivity contribution < 1.29 is 24.4 Å². The normalized spacial score (nSPS) is 16.9. The lowest BCUT2D eigenvalue weighted by molar-refractivity contribution is -0.384. The number of ether oxygens (including phenoxy) is 1. The van der Waals surface area contributed by atoms with Gasteiger partial charge in [-0.2, -0.15) is 5.10 Å². The first-order valence-corrected chi connectivity index (χ1v) is 6.86. The topological polar surface area (TPSA) is 122 Å². The molecule has 23 heavy (non-hydrogen) atoms. The van der Waals surface area contributed by atoms with Crippen molar-refractivity contribution in [2.24, 2.45) is 5.10 Å². The predicted octanol–water partition coefficient (Wildman–Crippen LogP) is 1.49. The number of nitrogens with zero attached hydrogens (tertiary/aromatic N) is 3. The zero-order valence-electron chi connectivity index (χ0n) is 12.6. The molecule has 0 fully saturated rings. The van der Waals surface area contributed by atoms with Crippen LogP contribution in [0, 0.1) is 17.0 Å². The number of nitro groups is 1. The fourth-order valence-corrected chi connectivity index (χ4v) is 2.22. The average Bonchev–Trinajstić information content (AvgIpc) is 2.93. The zero-order valence-corrected chi connectivity index (χ0v) is 12.6. The van der Waals surface area contributed by atoms with E-state index in [0.29, 0.717) is 5.56 Å². The molecule has 122 valence electrons. The first-order chi connectivity index (χ1) is 10.8. The summed E-state index contributed by atoms with van der Waals surface area (Å²) in [4.78, 5) is 33.5. The molecule has 0 aliphatic carbocycles. The maximum atomic E-state index is 11.8. The Morgan fingerprint density at radius 1 is 1.52 bits per heavy atom. The van der Waals surface area contributed by atoms with Gasteiger partial charge in [0.05, 0.1) is 17.2 Å². The average molecular weight is 321 g/mol. The van der Waals surface area contributed by atoms with E-state index in [1.54, 1.807) is 13.8 Å². The van der Waals surface area contributed by atoms with E-state index in [0.717, 1.165) is 5.01 Å². The van der Waals surface area contributed by atoms with Crippen molar-refractivity contribution in [3.8, 4) is 0 Å². The Morgan fingerprint density at radius 3 is 2.78 bits per heavy atom. The summed E-state index contributed by atoms with van der Waals surface area (Å²) < 4.78 is 4.83. The number of anilines is 1. The van der Waals surface area contributed by atoms with E-state index in [1.807, 2.05) is 0 Å². The summed E-state index contributed by atoms with van der Waals surface area (Å²) in [7, 11) is 0. The van der Waals surface area contributed by atoms with Crippen molar-refractivity contribution in [2.45, 2.75) is 26.3 Å². The highest BCUT2D eigenvalue weighted by molar-refractivity contribution is 6.38. The van der Waals surface area contributed by atoms with Gasteiger partial charge < -0.3 is 9.84 Å². The van der Waals surface area contributed by atoms with E-state index in [-0.39, 0.29) is 30.1 Å². The highest BCUT2D eigenvalue weighted by Crippen LogP contribution is 2.31. The van der Waals surface area contributed by atoms with Gasteiger partial charge in [-0.05, 0) is 19.4 Å². The molecule has 1 N–H and O–H groups in total. The number of hydrogen-bond donors (Lipinski definition) is 1. The molecule has 1 atom stereocenters. The molecule has 1 aromatic rings. The molecule has 0 saturated carbocycles. The SMILES string of the molecule is CCOC(=O)C1=NN(c2cc([N+](=O)[O-])ccc2C)[C@H](C(=O)O)C1. The van der Waals surface area contributed by atoms with Crippen LogP contribution in [0.4, 0.5) is 11.4 Å². The van der Waals surface area contributed by atoms with Crippen LogP contribution in [0.5, 0.6) is 0 Å². The van der Waals surface area contributed by atoms with E-state index in [9.17, 15) is 24.8 Å². The Hall–Kier alpha value is -2.97. The lowest BCUT2D eigenvalue weighted by Crippen LogP contribution is -2.34. The number of hydrogen-bond acceptors (Lipinski definition) is 7. The highest BCUT2D eigenvalue weighted by Gasteiger charge is 2.37. The third-order valence-corrected chi connectivity index (χ3v) is 3.36. The van der Waals surface area contributed by atoms with Crippen LogP contribution in [-0.4, -0.2) is 40.3 Å². The van der Waals surface area contributed by atoms with Gasteiger partial charge in [-0.1, -0.05) is 6.07 Å². The number of esters is 1. The summed E-state index contributed by atoms with van der Waals surface area (Å²) in [5.74, 6) is -1.87. The Bertz CT molecular complexity index is 700. The van der Waals surface area contributed by atoms with Crippen molar-refractivity contribution in [1.82, 2.24) is 0 Å². The molecule has 0 aromatic heterocycles. The molecular weight excluding hydrogens is 306 g/mol. The first-order valence-electron chi connectivity index (χ1n) is 6.86. The van der Waals surface area contributed by atoms with Crippen LogP contribution in [0.1, 0.15) is 18.9 Å². The van der Waals surface area contributed by atoms with E-state index in [1.165, 1.54) is 18.2 Å². The summed E-state index contributed by atoms with van der Waals surface area (Å²) >= 11 is 0. The third kappa shape index (κ3) is 3.28. The van der Waals surface area contributed by atoms with Crippen LogP contribution in [0.2, 0.25) is 0 Å². The molecule has 1 aromatic carbocycles. The number of rotatable bonds is 5. The Kier molecular flexibility index (Phi) is 4.58. The van der Waals surface area contributed by atoms with Crippen molar-refractivity contribution in [3.63, 3.8) is 0 Å². The minimum atomic E-state index is -1.18. The molecule has 1 aliphatic heterocycles. The molecule has 0 spiro atoms. The number of aliphatic carboxylic acids is 1. The molecular formula is C14H15N3O6. The standard InChI is InChI=1S/C14H15N3O6/c1-3-23-14(20)10-7-12(13(18)19)16(15-10)11-6-9(17(21)22)5-4-8(11)2/h4-6,12H,3,7H2,1-2H3,(H,18,19)/t12-/m0/s1. The van der Waals surface area contributed by atoms with E-state index in [2.05, 4.69) is 5.10 Å². The Morgan fingerprint density at radius 2 is 2.22 bits per heavy atom. The number of nitro benzene ring substituents is 1. The summed E-state index contributed by atoms with van der Waals surface area (Å²) in [5.41, 5.74) is 0.668. The molecule has 1 aliphatic rings. The molecule has 0 radical (unpaired) electrons. The summed E-state index contributed by atoms with van der Waals surface area (Å²) in [6.07, 6.45) is -0.129. The lowest BCUT2D eigenvalue weighted by Gasteiger charge is -2.21. The van der Waals surface area contributed by atoms with Gasteiger partial charge in [0.2, 0.25) is 0 Å². The van der Waals surface area contributed by atoms with E-state index >= 15 is 0 Å². The summed E-state index contributed by atoms with van der Waals surface area (Å²) in [6.45, 7) is 3.45.